The summed E-state index contributed by atoms with van der Waals surface area (Å²) in [6, 6.07) is 13.0. The summed E-state index contributed by atoms with van der Waals surface area (Å²) in [6.07, 6.45) is 1.30. The molecule has 2 aliphatic heterocycles. The third-order valence-electron chi connectivity index (χ3n) is 5.45. The Labute approximate surface area is 180 Å². The molecule has 1 aromatic heterocycles. The molecule has 0 bridgehead atoms. The summed E-state index contributed by atoms with van der Waals surface area (Å²) in [5, 5.41) is 3.47. The van der Waals surface area contributed by atoms with Crippen LogP contribution in [0, 0.1) is 0 Å². The quantitative estimate of drug-likeness (QED) is 0.761. The number of nitrogens with zero attached hydrogens (tertiary/aromatic N) is 2. The molecular weight excluding hydrogens is 397 g/mol. The molecule has 1 unspecified atom stereocenters. The summed E-state index contributed by atoms with van der Waals surface area (Å²) < 4.78 is 11.6. The van der Waals surface area contributed by atoms with Gasteiger partial charge in [-0.2, -0.15) is 0 Å². The molecule has 2 saturated heterocycles. The van der Waals surface area contributed by atoms with Crippen molar-refractivity contribution in [3.8, 4) is 17.1 Å². The Morgan fingerprint density at radius 2 is 1.79 bits per heavy atom. The Kier molecular flexibility index (Phi) is 9.12. The Hall–Kier alpha value is -1.24. The molecule has 1 atom stereocenters. The molecule has 3 heterocycles. The standard InChI is InChI=1S/C21H29N3O2.2ClH/c1-2-25-19-5-3-17(4-6-19)21-8-7-20(26-21)16-23-11-13-24(14-12-23)18-9-10-22-15-18;;/h3-8,18,22H,2,9-16H2,1H3;2*1H. The minimum atomic E-state index is 0. The Balaban J connectivity index is 0.00000140. The molecule has 0 saturated carbocycles. The maximum atomic E-state index is 6.09. The fraction of sp³-hybridized carbons (Fsp3) is 0.524. The number of piperazine rings is 1. The second-order valence-corrected chi connectivity index (χ2v) is 7.18. The number of ether oxygens (including phenoxy) is 1. The van der Waals surface area contributed by atoms with Gasteiger partial charge in [0, 0.05) is 44.3 Å². The highest BCUT2D eigenvalue weighted by molar-refractivity contribution is 5.85. The van der Waals surface area contributed by atoms with Gasteiger partial charge in [0.2, 0.25) is 0 Å². The highest BCUT2D eigenvalue weighted by atomic mass is 35.5. The highest BCUT2D eigenvalue weighted by Gasteiger charge is 2.26. The lowest BCUT2D eigenvalue weighted by atomic mass is 10.2. The number of nitrogens with one attached hydrogen (secondary N) is 1. The summed E-state index contributed by atoms with van der Waals surface area (Å²) in [4.78, 5) is 5.14. The summed E-state index contributed by atoms with van der Waals surface area (Å²) in [7, 11) is 0. The first-order valence-corrected chi connectivity index (χ1v) is 9.81. The van der Waals surface area contributed by atoms with E-state index in [1.807, 2.05) is 19.1 Å². The summed E-state index contributed by atoms with van der Waals surface area (Å²) in [5.41, 5.74) is 1.10. The first kappa shape index (κ1) is 23.0. The van der Waals surface area contributed by atoms with Crippen LogP contribution in [0.3, 0.4) is 0 Å². The van der Waals surface area contributed by atoms with Gasteiger partial charge in [-0.3, -0.25) is 9.80 Å². The number of furan rings is 1. The monoisotopic (exact) mass is 427 g/mol. The number of rotatable bonds is 6. The van der Waals surface area contributed by atoms with E-state index in [2.05, 4.69) is 39.4 Å². The second kappa shape index (κ2) is 11.1. The van der Waals surface area contributed by atoms with E-state index in [0.717, 1.165) is 55.1 Å². The van der Waals surface area contributed by atoms with Crippen LogP contribution in [-0.2, 0) is 6.54 Å². The zero-order chi connectivity index (χ0) is 17.8. The van der Waals surface area contributed by atoms with Crippen molar-refractivity contribution >= 4 is 24.8 Å². The number of hydrogen-bond acceptors (Lipinski definition) is 5. The van der Waals surface area contributed by atoms with Crippen molar-refractivity contribution in [2.75, 3.05) is 45.9 Å². The van der Waals surface area contributed by atoms with Crippen molar-refractivity contribution in [2.24, 2.45) is 0 Å². The van der Waals surface area contributed by atoms with Crippen molar-refractivity contribution in [2.45, 2.75) is 25.9 Å². The molecule has 1 N–H and O–H groups in total. The molecule has 0 radical (unpaired) electrons. The van der Waals surface area contributed by atoms with Gasteiger partial charge < -0.3 is 14.5 Å². The molecular formula is C21H31Cl2N3O2. The zero-order valence-corrected chi connectivity index (χ0v) is 18.1. The maximum Gasteiger partial charge on any atom is 0.134 e. The van der Waals surface area contributed by atoms with Gasteiger partial charge in [-0.25, -0.2) is 0 Å². The average molecular weight is 428 g/mol. The molecule has 7 heteroatoms. The molecule has 2 aromatic rings. The normalized spacial score (nSPS) is 20.4. The lowest BCUT2D eigenvalue weighted by Crippen LogP contribution is -2.50. The molecule has 5 nitrogen and oxygen atoms in total. The molecule has 156 valence electrons. The van der Waals surface area contributed by atoms with Crippen LogP contribution in [0.4, 0.5) is 0 Å². The molecule has 28 heavy (non-hydrogen) atoms. The van der Waals surface area contributed by atoms with Crippen molar-refractivity contribution < 1.29 is 9.15 Å². The van der Waals surface area contributed by atoms with E-state index in [4.69, 9.17) is 9.15 Å². The predicted octanol–water partition coefficient (Wildman–Crippen LogP) is 3.67. The number of halogens is 2. The van der Waals surface area contributed by atoms with Gasteiger partial charge in [-0.1, -0.05) is 0 Å². The van der Waals surface area contributed by atoms with Crippen molar-refractivity contribution in [1.29, 1.82) is 0 Å². The van der Waals surface area contributed by atoms with E-state index in [-0.39, 0.29) is 24.8 Å². The largest absolute Gasteiger partial charge is 0.494 e. The third-order valence-corrected chi connectivity index (χ3v) is 5.45. The van der Waals surface area contributed by atoms with Crippen LogP contribution in [0.15, 0.2) is 40.8 Å². The van der Waals surface area contributed by atoms with E-state index in [9.17, 15) is 0 Å². The van der Waals surface area contributed by atoms with Gasteiger partial charge in [-0.05, 0) is 56.3 Å². The van der Waals surface area contributed by atoms with Crippen LogP contribution >= 0.6 is 24.8 Å². The summed E-state index contributed by atoms with van der Waals surface area (Å²) >= 11 is 0. The maximum absolute atomic E-state index is 6.09. The van der Waals surface area contributed by atoms with E-state index < -0.39 is 0 Å². The zero-order valence-electron chi connectivity index (χ0n) is 16.4. The van der Waals surface area contributed by atoms with Gasteiger partial charge in [-0.15, -0.1) is 24.8 Å². The Bertz CT molecular complexity index is 694. The van der Waals surface area contributed by atoms with E-state index in [0.29, 0.717) is 6.61 Å². The van der Waals surface area contributed by atoms with Gasteiger partial charge >= 0.3 is 0 Å². The molecule has 2 aliphatic rings. The average Bonchev–Trinajstić information content (AvgIpc) is 3.36. The van der Waals surface area contributed by atoms with Gasteiger partial charge in [0.15, 0.2) is 0 Å². The van der Waals surface area contributed by atoms with Gasteiger partial charge in [0.1, 0.15) is 17.3 Å². The van der Waals surface area contributed by atoms with Crippen molar-refractivity contribution in [3.63, 3.8) is 0 Å². The Morgan fingerprint density at radius 1 is 1.04 bits per heavy atom. The fourth-order valence-electron chi connectivity index (χ4n) is 3.96. The lowest BCUT2D eigenvalue weighted by Gasteiger charge is -2.37. The summed E-state index contributed by atoms with van der Waals surface area (Å²) in [5.74, 6) is 2.88. The second-order valence-electron chi connectivity index (χ2n) is 7.18. The Morgan fingerprint density at radius 3 is 2.43 bits per heavy atom. The van der Waals surface area contributed by atoms with E-state index in [1.165, 1.54) is 26.1 Å². The minimum Gasteiger partial charge on any atom is -0.494 e. The molecule has 0 spiro atoms. The van der Waals surface area contributed by atoms with Crippen LogP contribution in [0.25, 0.3) is 11.3 Å². The van der Waals surface area contributed by atoms with Crippen molar-refractivity contribution in [3.05, 3.63) is 42.2 Å². The number of benzene rings is 1. The SMILES string of the molecule is CCOc1ccc(-c2ccc(CN3CCN(C4CCNC4)CC3)o2)cc1.Cl.Cl. The van der Waals surface area contributed by atoms with Crippen LogP contribution < -0.4 is 10.1 Å². The van der Waals surface area contributed by atoms with E-state index in [1.54, 1.807) is 0 Å². The van der Waals surface area contributed by atoms with Crippen LogP contribution in [-0.4, -0.2) is 61.7 Å². The van der Waals surface area contributed by atoms with E-state index >= 15 is 0 Å². The molecule has 1 aromatic carbocycles. The van der Waals surface area contributed by atoms with Crippen LogP contribution in [0.2, 0.25) is 0 Å². The molecule has 0 aliphatic carbocycles. The molecule has 2 fully saturated rings. The third kappa shape index (κ3) is 5.65. The first-order chi connectivity index (χ1) is 12.8. The lowest BCUT2D eigenvalue weighted by molar-refractivity contribution is 0.0938. The van der Waals surface area contributed by atoms with Crippen LogP contribution in [0.5, 0.6) is 5.75 Å². The fourth-order valence-corrected chi connectivity index (χ4v) is 3.96. The van der Waals surface area contributed by atoms with Crippen LogP contribution in [0.1, 0.15) is 19.1 Å². The number of hydrogen-bond donors (Lipinski definition) is 1. The smallest absolute Gasteiger partial charge is 0.134 e. The topological polar surface area (TPSA) is 40.9 Å². The van der Waals surface area contributed by atoms with Gasteiger partial charge in [0.05, 0.1) is 13.2 Å². The minimum absolute atomic E-state index is 0. The summed E-state index contributed by atoms with van der Waals surface area (Å²) in [6.45, 7) is 10.5. The molecule has 0 amide bonds. The van der Waals surface area contributed by atoms with Crippen molar-refractivity contribution in [1.82, 2.24) is 15.1 Å². The highest BCUT2D eigenvalue weighted by Crippen LogP contribution is 2.25. The predicted molar refractivity (Wildman–Crippen MR) is 118 cm³/mol. The van der Waals surface area contributed by atoms with Gasteiger partial charge in [0.25, 0.3) is 0 Å². The first-order valence-electron chi connectivity index (χ1n) is 9.81. The molecule has 4 rings (SSSR count).